The van der Waals surface area contributed by atoms with Crippen LogP contribution in [0.15, 0.2) is 55.0 Å². The Balaban J connectivity index is 1.85. The van der Waals surface area contributed by atoms with E-state index in [0.717, 1.165) is 0 Å². The van der Waals surface area contributed by atoms with Gasteiger partial charge in [-0.15, -0.1) is 0 Å². The van der Waals surface area contributed by atoms with Crippen LogP contribution in [0.25, 0.3) is 10.9 Å². The van der Waals surface area contributed by atoms with E-state index in [9.17, 15) is 0 Å². The molecule has 4 rings (SSSR count). The molecule has 1 atom stereocenters. The first-order chi connectivity index (χ1) is 10.4. The maximum absolute atomic E-state index is 4.33. The third-order valence-corrected chi connectivity index (χ3v) is 4.42. The quantitative estimate of drug-likeness (QED) is 0.790. The standard InChI is InChI=1S/C18H19N3/c1-2-8-17-15(7-1)16(13-20-17)18(21-10-3-4-11-21)14-6-5-9-19-12-14/h1-2,5-9,12-13,18,20H,3-4,10-11H2. The van der Waals surface area contributed by atoms with Crippen molar-refractivity contribution in [2.45, 2.75) is 18.9 Å². The minimum Gasteiger partial charge on any atom is -0.361 e. The lowest BCUT2D eigenvalue weighted by atomic mass is 9.98. The lowest BCUT2D eigenvalue weighted by Crippen LogP contribution is -2.26. The number of likely N-dealkylation sites (tertiary alicyclic amines) is 1. The summed E-state index contributed by atoms with van der Waals surface area (Å²) in [5.74, 6) is 0. The van der Waals surface area contributed by atoms with Gasteiger partial charge in [-0.2, -0.15) is 0 Å². The Hall–Kier alpha value is -2.13. The van der Waals surface area contributed by atoms with Crippen molar-refractivity contribution in [3.05, 3.63) is 66.1 Å². The highest BCUT2D eigenvalue weighted by molar-refractivity contribution is 5.84. The van der Waals surface area contributed by atoms with E-state index in [1.54, 1.807) is 0 Å². The third-order valence-electron chi connectivity index (χ3n) is 4.42. The molecule has 1 N–H and O–H groups in total. The summed E-state index contributed by atoms with van der Waals surface area (Å²) in [6, 6.07) is 13.1. The molecular formula is C18H19N3. The van der Waals surface area contributed by atoms with Gasteiger partial charge in [0, 0.05) is 29.5 Å². The molecule has 3 aromatic rings. The van der Waals surface area contributed by atoms with E-state index in [1.807, 2.05) is 18.5 Å². The molecule has 106 valence electrons. The number of nitrogens with one attached hydrogen (secondary N) is 1. The van der Waals surface area contributed by atoms with E-state index in [-0.39, 0.29) is 0 Å². The van der Waals surface area contributed by atoms with Gasteiger partial charge in [0.1, 0.15) is 0 Å². The molecule has 0 aliphatic carbocycles. The van der Waals surface area contributed by atoms with Crippen molar-refractivity contribution in [2.24, 2.45) is 0 Å². The molecule has 1 fully saturated rings. The number of aromatic nitrogens is 2. The van der Waals surface area contributed by atoms with Crippen molar-refractivity contribution in [2.75, 3.05) is 13.1 Å². The fraction of sp³-hybridized carbons (Fsp3) is 0.278. The van der Waals surface area contributed by atoms with Crippen molar-refractivity contribution < 1.29 is 0 Å². The number of pyridine rings is 1. The number of hydrogen-bond donors (Lipinski definition) is 1. The molecule has 1 aliphatic rings. The van der Waals surface area contributed by atoms with Crippen LogP contribution in [0.5, 0.6) is 0 Å². The Bertz CT molecular complexity index is 726. The van der Waals surface area contributed by atoms with Crippen LogP contribution in [0.2, 0.25) is 0 Å². The fourth-order valence-corrected chi connectivity index (χ4v) is 3.44. The Morgan fingerprint density at radius 3 is 2.71 bits per heavy atom. The molecule has 1 aromatic carbocycles. The SMILES string of the molecule is c1cncc(C(c2c[nH]c3ccccc23)N2CCCC2)c1. The van der Waals surface area contributed by atoms with Crippen molar-refractivity contribution in [3.63, 3.8) is 0 Å². The van der Waals surface area contributed by atoms with Gasteiger partial charge in [-0.25, -0.2) is 0 Å². The summed E-state index contributed by atoms with van der Waals surface area (Å²) in [6.07, 6.45) is 8.60. The van der Waals surface area contributed by atoms with Crippen molar-refractivity contribution in [1.82, 2.24) is 14.9 Å². The highest BCUT2D eigenvalue weighted by atomic mass is 15.2. The smallest absolute Gasteiger partial charge is 0.0638 e. The Morgan fingerprint density at radius 1 is 1.05 bits per heavy atom. The number of fused-ring (bicyclic) bond motifs is 1. The highest BCUT2D eigenvalue weighted by Crippen LogP contribution is 2.35. The largest absolute Gasteiger partial charge is 0.361 e. The van der Waals surface area contributed by atoms with Crippen LogP contribution >= 0.6 is 0 Å². The van der Waals surface area contributed by atoms with Gasteiger partial charge in [-0.3, -0.25) is 9.88 Å². The second kappa shape index (κ2) is 5.34. The molecule has 1 aliphatic heterocycles. The summed E-state index contributed by atoms with van der Waals surface area (Å²) in [4.78, 5) is 10.3. The summed E-state index contributed by atoms with van der Waals surface area (Å²) in [7, 11) is 0. The van der Waals surface area contributed by atoms with Gasteiger partial charge in [0.25, 0.3) is 0 Å². The molecule has 3 heterocycles. The number of H-pyrrole nitrogens is 1. The van der Waals surface area contributed by atoms with Crippen LogP contribution in [0.1, 0.15) is 30.0 Å². The number of aromatic amines is 1. The summed E-state index contributed by atoms with van der Waals surface area (Å²) in [5.41, 5.74) is 3.85. The Morgan fingerprint density at radius 2 is 1.90 bits per heavy atom. The zero-order valence-corrected chi connectivity index (χ0v) is 12.0. The van der Waals surface area contributed by atoms with Gasteiger partial charge in [0.15, 0.2) is 0 Å². The Kier molecular flexibility index (Phi) is 3.20. The van der Waals surface area contributed by atoms with E-state index < -0.39 is 0 Å². The van der Waals surface area contributed by atoms with Crippen LogP contribution in [-0.4, -0.2) is 28.0 Å². The maximum atomic E-state index is 4.33. The first kappa shape index (κ1) is 12.6. The predicted molar refractivity (Wildman–Crippen MR) is 85.2 cm³/mol. The second-order valence-corrected chi connectivity index (χ2v) is 5.72. The monoisotopic (exact) mass is 277 g/mol. The minimum atomic E-state index is 0.303. The van der Waals surface area contributed by atoms with E-state index in [2.05, 4.69) is 51.4 Å². The van der Waals surface area contributed by atoms with Gasteiger partial charge in [-0.05, 0) is 49.2 Å². The summed E-state index contributed by atoms with van der Waals surface area (Å²) >= 11 is 0. The van der Waals surface area contributed by atoms with E-state index in [1.165, 1.54) is 48.0 Å². The Labute approximate surface area is 124 Å². The van der Waals surface area contributed by atoms with Gasteiger partial charge in [0.2, 0.25) is 0 Å². The molecule has 1 saturated heterocycles. The molecule has 0 spiro atoms. The molecule has 0 bridgehead atoms. The van der Waals surface area contributed by atoms with Gasteiger partial charge < -0.3 is 4.98 Å². The number of para-hydroxylation sites is 1. The van der Waals surface area contributed by atoms with Gasteiger partial charge in [-0.1, -0.05) is 24.3 Å². The molecule has 2 aromatic heterocycles. The number of nitrogens with zero attached hydrogens (tertiary/aromatic N) is 2. The first-order valence-corrected chi connectivity index (χ1v) is 7.63. The predicted octanol–water partition coefficient (Wildman–Crippen LogP) is 3.75. The van der Waals surface area contributed by atoms with Crippen molar-refractivity contribution >= 4 is 10.9 Å². The molecule has 21 heavy (non-hydrogen) atoms. The maximum Gasteiger partial charge on any atom is 0.0638 e. The lowest BCUT2D eigenvalue weighted by Gasteiger charge is -2.27. The summed E-state index contributed by atoms with van der Waals surface area (Å²) in [5, 5.41) is 1.32. The number of rotatable bonds is 3. The number of hydrogen-bond acceptors (Lipinski definition) is 2. The average molecular weight is 277 g/mol. The fourth-order valence-electron chi connectivity index (χ4n) is 3.44. The zero-order valence-electron chi connectivity index (χ0n) is 12.0. The third kappa shape index (κ3) is 2.24. The van der Waals surface area contributed by atoms with Crippen molar-refractivity contribution in [1.29, 1.82) is 0 Å². The normalized spacial score (nSPS) is 17.3. The highest BCUT2D eigenvalue weighted by Gasteiger charge is 2.27. The molecule has 0 radical (unpaired) electrons. The summed E-state index contributed by atoms with van der Waals surface area (Å²) in [6.45, 7) is 2.33. The molecule has 0 amide bonds. The van der Waals surface area contributed by atoms with Crippen LogP contribution < -0.4 is 0 Å². The van der Waals surface area contributed by atoms with E-state index >= 15 is 0 Å². The molecule has 3 nitrogen and oxygen atoms in total. The van der Waals surface area contributed by atoms with Crippen LogP contribution in [0.3, 0.4) is 0 Å². The summed E-state index contributed by atoms with van der Waals surface area (Å²) < 4.78 is 0. The van der Waals surface area contributed by atoms with E-state index in [0.29, 0.717) is 6.04 Å². The molecule has 0 saturated carbocycles. The van der Waals surface area contributed by atoms with Crippen molar-refractivity contribution in [3.8, 4) is 0 Å². The number of benzene rings is 1. The molecular weight excluding hydrogens is 258 g/mol. The first-order valence-electron chi connectivity index (χ1n) is 7.63. The van der Waals surface area contributed by atoms with Gasteiger partial charge in [0.05, 0.1) is 6.04 Å². The molecule has 1 unspecified atom stereocenters. The van der Waals surface area contributed by atoms with E-state index in [4.69, 9.17) is 0 Å². The van der Waals surface area contributed by atoms with Crippen LogP contribution in [-0.2, 0) is 0 Å². The second-order valence-electron chi connectivity index (χ2n) is 5.72. The van der Waals surface area contributed by atoms with Gasteiger partial charge >= 0.3 is 0 Å². The topological polar surface area (TPSA) is 31.9 Å². The van der Waals surface area contributed by atoms with Crippen LogP contribution in [0.4, 0.5) is 0 Å². The lowest BCUT2D eigenvalue weighted by molar-refractivity contribution is 0.282. The van der Waals surface area contributed by atoms with Crippen LogP contribution in [0, 0.1) is 0 Å². The average Bonchev–Trinajstić information content (AvgIpc) is 3.20. The minimum absolute atomic E-state index is 0.303. The zero-order chi connectivity index (χ0) is 14.1. The molecule has 3 heteroatoms.